The zero-order valence-electron chi connectivity index (χ0n) is 12.1. The van der Waals surface area contributed by atoms with Crippen LogP contribution in [0.5, 0.6) is 0 Å². The number of nitrogens with one attached hydrogen (secondary N) is 1. The molecule has 7 heteroatoms. The lowest BCUT2D eigenvalue weighted by Gasteiger charge is -2.14. The number of hydrogen-bond donors (Lipinski definition) is 2. The number of carboxylic acids is 1. The van der Waals surface area contributed by atoms with Crippen LogP contribution in [0.1, 0.15) is 10.4 Å². The van der Waals surface area contributed by atoms with Crippen molar-refractivity contribution in [3.8, 4) is 0 Å². The van der Waals surface area contributed by atoms with Crippen LogP contribution in [0.2, 0.25) is 0 Å². The third-order valence-corrected chi connectivity index (χ3v) is 3.08. The SMILES string of the molecule is CN(C)c1cccc(Nc2ccc(C(=O)O)cc2[N+](=O)[O-])c1. The van der Waals surface area contributed by atoms with Crippen molar-refractivity contribution < 1.29 is 14.8 Å². The molecule has 0 amide bonds. The molecule has 7 nitrogen and oxygen atoms in total. The first kappa shape index (κ1) is 15.3. The molecule has 0 aliphatic heterocycles. The summed E-state index contributed by atoms with van der Waals surface area (Å²) in [5, 5.41) is 23.0. The second-order valence-corrected chi connectivity index (χ2v) is 4.86. The molecule has 0 bridgehead atoms. The molecule has 0 fully saturated rings. The minimum absolute atomic E-state index is 0.126. The van der Waals surface area contributed by atoms with Gasteiger partial charge in [-0.25, -0.2) is 4.79 Å². The van der Waals surface area contributed by atoms with Gasteiger partial charge in [-0.2, -0.15) is 0 Å². The highest BCUT2D eigenvalue weighted by Gasteiger charge is 2.17. The fraction of sp³-hybridized carbons (Fsp3) is 0.133. The summed E-state index contributed by atoms with van der Waals surface area (Å²) in [5.41, 5.74) is 1.45. The Balaban J connectivity index is 2.39. The number of hydrogen-bond acceptors (Lipinski definition) is 5. The summed E-state index contributed by atoms with van der Waals surface area (Å²) in [4.78, 5) is 23.3. The lowest BCUT2D eigenvalue weighted by molar-refractivity contribution is -0.383. The van der Waals surface area contributed by atoms with Crippen molar-refractivity contribution in [3.63, 3.8) is 0 Å². The first-order valence-electron chi connectivity index (χ1n) is 6.44. The van der Waals surface area contributed by atoms with Gasteiger partial charge in [-0.15, -0.1) is 0 Å². The molecule has 0 aliphatic rings. The number of carbonyl (C=O) groups is 1. The standard InChI is InChI=1S/C15H15N3O4/c1-17(2)12-5-3-4-11(9-12)16-13-7-6-10(15(19)20)8-14(13)18(21)22/h3-9,16H,1-2H3,(H,19,20). The largest absolute Gasteiger partial charge is 0.478 e. The summed E-state index contributed by atoms with van der Waals surface area (Å²) in [6, 6.07) is 11.1. The molecule has 0 radical (unpaired) electrons. The van der Waals surface area contributed by atoms with E-state index >= 15 is 0 Å². The summed E-state index contributed by atoms with van der Waals surface area (Å²) in [6.45, 7) is 0. The van der Waals surface area contributed by atoms with Crippen molar-refractivity contribution in [2.75, 3.05) is 24.3 Å². The third-order valence-electron chi connectivity index (χ3n) is 3.08. The maximum atomic E-state index is 11.1. The van der Waals surface area contributed by atoms with Crippen molar-refractivity contribution in [2.24, 2.45) is 0 Å². The van der Waals surface area contributed by atoms with Crippen LogP contribution in [-0.4, -0.2) is 30.1 Å². The molecule has 2 aromatic rings. The van der Waals surface area contributed by atoms with E-state index in [4.69, 9.17) is 5.11 Å². The highest BCUT2D eigenvalue weighted by Crippen LogP contribution is 2.29. The number of carboxylic acid groups (broad SMARTS) is 1. The van der Waals surface area contributed by atoms with Crippen LogP contribution in [0.15, 0.2) is 42.5 Å². The summed E-state index contributed by atoms with van der Waals surface area (Å²) >= 11 is 0. The van der Waals surface area contributed by atoms with E-state index in [0.29, 0.717) is 5.69 Å². The van der Waals surface area contributed by atoms with Crippen molar-refractivity contribution in [1.82, 2.24) is 0 Å². The molecular weight excluding hydrogens is 286 g/mol. The lowest BCUT2D eigenvalue weighted by atomic mass is 10.1. The number of anilines is 3. The Morgan fingerprint density at radius 3 is 2.55 bits per heavy atom. The summed E-state index contributed by atoms with van der Waals surface area (Å²) in [7, 11) is 3.78. The van der Waals surface area contributed by atoms with Gasteiger partial charge in [0.05, 0.1) is 10.5 Å². The van der Waals surface area contributed by atoms with Crippen molar-refractivity contribution in [3.05, 3.63) is 58.1 Å². The molecule has 0 aliphatic carbocycles. The molecule has 2 aromatic carbocycles. The van der Waals surface area contributed by atoms with Gasteiger partial charge in [0.2, 0.25) is 0 Å². The van der Waals surface area contributed by atoms with Gasteiger partial charge in [-0.1, -0.05) is 6.07 Å². The average molecular weight is 301 g/mol. The van der Waals surface area contributed by atoms with Gasteiger partial charge in [0.1, 0.15) is 5.69 Å². The molecule has 0 aromatic heterocycles. The number of rotatable bonds is 5. The van der Waals surface area contributed by atoms with Crippen LogP contribution in [-0.2, 0) is 0 Å². The van der Waals surface area contributed by atoms with Gasteiger partial charge in [0.15, 0.2) is 0 Å². The molecule has 114 valence electrons. The number of benzene rings is 2. The van der Waals surface area contributed by atoms with Gasteiger partial charge in [0, 0.05) is 31.5 Å². The maximum absolute atomic E-state index is 11.1. The fourth-order valence-electron chi connectivity index (χ4n) is 1.94. The molecule has 0 heterocycles. The average Bonchev–Trinajstić information content (AvgIpc) is 2.47. The van der Waals surface area contributed by atoms with E-state index in [1.54, 1.807) is 6.07 Å². The van der Waals surface area contributed by atoms with Crippen LogP contribution in [0, 0.1) is 10.1 Å². The van der Waals surface area contributed by atoms with E-state index in [-0.39, 0.29) is 16.9 Å². The van der Waals surface area contributed by atoms with Crippen LogP contribution < -0.4 is 10.2 Å². The predicted octanol–water partition coefficient (Wildman–Crippen LogP) is 3.10. The zero-order chi connectivity index (χ0) is 16.3. The van der Waals surface area contributed by atoms with Crippen molar-refractivity contribution >= 4 is 28.7 Å². The Bertz CT molecular complexity index is 728. The highest BCUT2D eigenvalue weighted by molar-refractivity contribution is 5.90. The first-order valence-corrected chi connectivity index (χ1v) is 6.44. The number of aromatic carboxylic acids is 1. The van der Waals surface area contributed by atoms with E-state index in [9.17, 15) is 14.9 Å². The molecule has 0 spiro atoms. The Labute approximate surface area is 127 Å². The Morgan fingerprint density at radius 2 is 1.95 bits per heavy atom. The maximum Gasteiger partial charge on any atom is 0.335 e. The van der Waals surface area contributed by atoms with Gasteiger partial charge in [0.25, 0.3) is 5.69 Å². The summed E-state index contributed by atoms with van der Waals surface area (Å²) < 4.78 is 0. The van der Waals surface area contributed by atoms with Gasteiger partial charge in [-0.3, -0.25) is 10.1 Å². The molecule has 2 rings (SSSR count). The second kappa shape index (κ2) is 6.13. The van der Waals surface area contributed by atoms with Crippen molar-refractivity contribution in [1.29, 1.82) is 0 Å². The minimum Gasteiger partial charge on any atom is -0.478 e. The van der Waals surface area contributed by atoms with E-state index in [2.05, 4.69) is 5.32 Å². The summed E-state index contributed by atoms with van der Waals surface area (Å²) in [5.74, 6) is -1.20. The van der Waals surface area contributed by atoms with E-state index in [1.165, 1.54) is 12.1 Å². The topological polar surface area (TPSA) is 95.7 Å². The molecule has 0 unspecified atom stereocenters. The Hall–Kier alpha value is -3.09. The highest BCUT2D eigenvalue weighted by atomic mass is 16.6. The molecular formula is C15H15N3O4. The normalized spacial score (nSPS) is 10.1. The molecule has 22 heavy (non-hydrogen) atoms. The van der Waals surface area contributed by atoms with Gasteiger partial charge < -0.3 is 15.3 Å². The molecule has 0 saturated heterocycles. The number of nitrogens with zero attached hydrogens (tertiary/aromatic N) is 2. The Kier molecular flexibility index (Phi) is 4.26. The second-order valence-electron chi connectivity index (χ2n) is 4.86. The molecule has 0 atom stereocenters. The van der Waals surface area contributed by atoms with E-state index in [1.807, 2.05) is 37.2 Å². The number of nitro benzene ring substituents is 1. The van der Waals surface area contributed by atoms with E-state index < -0.39 is 10.9 Å². The quantitative estimate of drug-likeness (QED) is 0.650. The van der Waals surface area contributed by atoms with Crippen LogP contribution in [0.3, 0.4) is 0 Å². The molecule has 2 N–H and O–H groups in total. The van der Waals surface area contributed by atoms with Gasteiger partial charge >= 0.3 is 5.97 Å². The fourth-order valence-corrected chi connectivity index (χ4v) is 1.94. The van der Waals surface area contributed by atoms with E-state index in [0.717, 1.165) is 11.8 Å². The first-order chi connectivity index (χ1) is 10.4. The minimum atomic E-state index is -1.20. The van der Waals surface area contributed by atoms with Crippen LogP contribution in [0.25, 0.3) is 0 Å². The number of nitro groups is 1. The van der Waals surface area contributed by atoms with Gasteiger partial charge in [-0.05, 0) is 30.3 Å². The lowest BCUT2D eigenvalue weighted by Crippen LogP contribution is -2.08. The summed E-state index contributed by atoms with van der Waals surface area (Å²) in [6.07, 6.45) is 0. The zero-order valence-corrected chi connectivity index (χ0v) is 12.1. The van der Waals surface area contributed by atoms with Crippen molar-refractivity contribution in [2.45, 2.75) is 0 Å². The molecule has 0 saturated carbocycles. The van der Waals surface area contributed by atoms with Crippen LogP contribution >= 0.6 is 0 Å². The smallest absolute Gasteiger partial charge is 0.335 e. The monoisotopic (exact) mass is 301 g/mol. The van der Waals surface area contributed by atoms with Crippen LogP contribution in [0.4, 0.5) is 22.7 Å². The Morgan fingerprint density at radius 1 is 1.23 bits per heavy atom. The third kappa shape index (κ3) is 3.32. The predicted molar refractivity (Wildman–Crippen MR) is 84.1 cm³/mol.